The highest BCUT2D eigenvalue weighted by Gasteiger charge is 2.20. The van der Waals surface area contributed by atoms with Crippen LogP contribution in [-0.4, -0.2) is 17.0 Å². The average Bonchev–Trinajstić information content (AvgIpc) is 2.52. The molecule has 3 N–H and O–H groups in total. The molecular formula is C16H17Cl2N3O2. The molecule has 1 aromatic carbocycles. The van der Waals surface area contributed by atoms with E-state index in [2.05, 4.69) is 10.3 Å². The van der Waals surface area contributed by atoms with Crippen LogP contribution in [0.2, 0.25) is 10.0 Å². The molecule has 0 bridgehead atoms. The number of halogens is 2. The number of carbonyl (C=O) groups is 1. The predicted molar refractivity (Wildman–Crippen MR) is 91.7 cm³/mol. The number of nitrogen functional groups attached to an aromatic ring is 1. The first-order valence-corrected chi connectivity index (χ1v) is 7.85. The Morgan fingerprint density at radius 3 is 2.83 bits per heavy atom. The Morgan fingerprint density at radius 1 is 1.39 bits per heavy atom. The van der Waals surface area contributed by atoms with Gasteiger partial charge in [-0.1, -0.05) is 42.3 Å². The molecule has 0 radical (unpaired) electrons. The van der Waals surface area contributed by atoms with Crippen molar-refractivity contribution in [3.05, 3.63) is 52.1 Å². The van der Waals surface area contributed by atoms with Crippen LogP contribution in [0.4, 0.5) is 5.69 Å². The summed E-state index contributed by atoms with van der Waals surface area (Å²) in [6, 6.07) is 8.83. The Morgan fingerprint density at radius 2 is 2.17 bits per heavy atom. The normalized spacial score (nSPS) is 11.8. The van der Waals surface area contributed by atoms with E-state index in [-0.39, 0.29) is 16.8 Å². The standard InChI is InChI=1S/C16H17Cl2N3O2/c1-2-14(23-16-13(18)7-11(17)9-21-16)15(22)20-8-10-4-3-5-12(19)6-10/h3-7,9,14H,2,8,19H2,1H3,(H,20,22)/t14-/m1/s1. The zero-order valence-electron chi connectivity index (χ0n) is 12.6. The zero-order valence-corrected chi connectivity index (χ0v) is 14.1. The van der Waals surface area contributed by atoms with Crippen molar-refractivity contribution in [3.63, 3.8) is 0 Å². The molecule has 1 aromatic heterocycles. The van der Waals surface area contributed by atoms with Gasteiger partial charge in [0.05, 0.1) is 5.02 Å². The van der Waals surface area contributed by atoms with Gasteiger partial charge in [-0.2, -0.15) is 0 Å². The molecule has 1 amide bonds. The van der Waals surface area contributed by atoms with Gasteiger partial charge >= 0.3 is 0 Å². The number of rotatable bonds is 6. The fraction of sp³-hybridized carbons (Fsp3) is 0.250. The smallest absolute Gasteiger partial charge is 0.261 e. The number of aromatic nitrogens is 1. The van der Waals surface area contributed by atoms with E-state index in [1.165, 1.54) is 12.3 Å². The van der Waals surface area contributed by atoms with E-state index < -0.39 is 6.10 Å². The van der Waals surface area contributed by atoms with Crippen LogP contribution in [0.15, 0.2) is 36.5 Å². The highest BCUT2D eigenvalue weighted by atomic mass is 35.5. The molecule has 1 atom stereocenters. The van der Waals surface area contributed by atoms with Crippen molar-refractivity contribution in [2.45, 2.75) is 26.0 Å². The third-order valence-electron chi connectivity index (χ3n) is 3.11. The number of hydrogen-bond donors (Lipinski definition) is 2. The van der Waals surface area contributed by atoms with Crippen molar-refractivity contribution in [1.29, 1.82) is 0 Å². The molecule has 2 aromatic rings. The summed E-state index contributed by atoms with van der Waals surface area (Å²) in [6.07, 6.45) is 1.20. The lowest BCUT2D eigenvalue weighted by Gasteiger charge is -2.17. The summed E-state index contributed by atoms with van der Waals surface area (Å²) in [6.45, 7) is 2.21. The molecule has 0 aliphatic heterocycles. The second-order valence-electron chi connectivity index (χ2n) is 4.92. The largest absolute Gasteiger partial charge is 0.463 e. The van der Waals surface area contributed by atoms with Gasteiger partial charge in [-0.05, 0) is 30.2 Å². The highest BCUT2D eigenvalue weighted by Crippen LogP contribution is 2.25. The molecule has 0 saturated carbocycles. The maximum atomic E-state index is 12.3. The van der Waals surface area contributed by atoms with Crippen molar-refractivity contribution in [1.82, 2.24) is 10.3 Å². The van der Waals surface area contributed by atoms with Gasteiger partial charge in [-0.3, -0.25) is 4.79 Å². The van der Waals surface area contributed by atoms with Crippen LogP contribution in [0.5, 0.6) is 5.88 Å². The molecule has 0 fully saturated rings. The summed E-state index contributed by atoms with van der Waals surface area (Å²) in [4.78, 5) is 16.2. The van der Waals surface area contributed by atoms with E-state index in [0.29, 0.717) is 23.7 Å². The van der Waals surface area contributed by atoms with Crippen molar-refractivity contribution >= 4 is 34.8 Å². The van der Waals surface area contributed by atoms with Crippen LogP contribution in [0.3, 0.4) is 0 Å². The van der Waals surface area contributed by atoms with E-state index in [9.17, 15) is 4.79 Å². The fourth-order valence-electron chi connectivity index (χ4n) is 1.95. The highest BCUT2D eigenvalue weighted by molar-refractivity contribution is 6.35. The number of pyridine rings is 1. The van der Waals surface area contributed by atoms with Gasteiger partial charge in [0.15, 0.2) is 6.10 Å². The van der Waals surface area contributed by atoms with E-state index in [0.717, 1.165) is 5.56 Å². The van der Waals surface area contributed by atoms with E-state index >= 15 is 0 Å². The van der Waals surface area contributed by atoms with Crippen molar-refractivity contribution in [2.75, 3.05) is 5.73 Å². The van der Waals surface area contributed by atoms with Gasteiger partial charge in [-0.25, -0.2) is 4.98 Å². The van der Waals surface area contributed by atoms with E-state index in [1.807, 2.05) is 19.1 Å². The van der Waals surface area contributed by atoms with Crippen molar-refractivity contribution in [2.24, 2.45) is 0 Å². The topological polar surface area (TPSA) is 77.2 Å². The summed E-state index contributed by atoms with van der Waals surface area (Å²) >= 11 is 11.8. The number of amides is 1. The first-order valence-electron chi connectivity index (χ1n) is 7.09. The maximum Gasteiger partial charge on any atom is 0.261 e. The monoisotopic (exact) mass is 353 g/mol. The quantitative estimate of drug-likeness (QED) is 0.779. The van der Waals surface area contributed by atoms with Gasteiger partial charge in [0, 0.05) is 18.4 Å². The van der Waals surface area contributed by atoms with Crippen molar-refractivity contribution in [3.8, 4) is 5.88 Å². The number of carbonyl (C=O) groups excluding carboxylic acids is 1. The molecule has 23 heavy (non-hydrogen) atoms. The van der Waals surface area contributed by atoms with Gasteiger partial charge in [0.25, 0.3) is 5.91 Å². The van der Waals surface area contributed by atoms with E-state index in [4.69, 9.17) is 33.7 Å². The third-order valence-corrected chi connectivity index (χ3v) is 3.59. The van der Waals surface area contributed by atoms with Crippen LogP contribution >= 0.6 is 23.2 Å². The Balaban J connectivity index is 1.98. The Kier molecular flexibility index (Phi) is 6.07. The van der Waals surface area contributed by atoms with Crippen LogP contribution in [0.25, 0.3) is 0 Å². The lowest BCUT2D eigenvalue weighted by atomic mass is 10.2. The van der Waals surface area contributed by atoms with Crippen LogP contribution in [0, 0.1) is 0 Å². The SMILES string of the molecule is CC[C@@H](Oc1ncc(Cl)cc1Cl)C(=O)NCc1cccc(N)c1. The molecule has 0 spiro atoms. The molecule has 122 valence electrons. The second-order valence-corrected chi connectivity index (χ2v) is 5.76. The van der Waals surface area contributed by atoms with Crippen LogP contribution in [-0.2, 0) is 11.3 Å². The number of nitrogens with zero attached hydrogens (tertiary/aromatic N) is 1. The zero-order chi connectivity index (χ0) is 16.8. The molecule has 0 saturated heterocycles. The summed E-state index contributed by atoms with van der Waals surface area (Å²) in [7, 11) is 0. The summed E-state index contributed by atoms with van der Waals surface area (Å²) in [5.41, 5.74) is 7.27. The molecule has 7 heteroatoms. The summed E-state index contributed by atoms with van der Waals surface area (Å²) in [5, 5.41) is 3.48. The number of nitrogens with two attached hydrogens (primary N) is 1. The summed E-state index contributed by atoms with van der Waals surface area (Å²) in [5.74, 6) is -0.0650. The predicted octanol–water partition coefficient (Wildman–Crippen LogP) is 3.44. The molecule has 5 nitrogen and oxygen atoms in total. The minimum absolute atomic E-state index is 0.182. The first kappa shape index (κ1) is 17.4. The average molecular weight is 354 g/mol. The lowest BCUT2D eigenvalue weighted by Crippen LogP contribution is -2.37. The number of anilines is 1. The summed E-state index contributed by atoms with van der Waals surface area (Å²) < 4.78 is 5.58. The molecular weight excluding hydrogens is 337 g/mol. The third kappa shape index (κ3) is 5.01. The maximum absolute atomic E-state index is 12.3. The molecule has 2 rings (SSSR count). The van der Waals surface area contributed by atoms with Crippen LogP contribution < -0.4 is 15.8 Å². The minimum Gasteiger partial charge on any atom is -0.463 e. The number of ether oxygens (including phenoxy) is 1. The van der Waals surface area contributed by atoms with Gasteiger partial charge < -0.3 is 15.8 Å². The molecule has 0 aliphatic carbocycles. The van der Waals surface area contributed by atoms with Gasteiger partial charge in [0.2, 0.25) is 5.88 Å². The Hall–Kier alpha value is -1.98. The minimum atomic E-state index is -0.692. The Bertz CT molecular complexity index is 695. The Labute approximate surface area is 144 Å². The second kappa shape index (κ2) is 8.04. The number of benzene rings is 1. The first-order chi connectivity index (χ1) is 11.0. The molecule has 0 unspecified atom stereocenters. The van der Waals surface area contributed by atoms with E-state index in [1.54, 1.807) is 12.1 Å². The lowest BCUT2D eigenvalue weighted by molar-refractivity contribution is -0.128. The van der Waals surface area contributed by atoms with Crippen molar-refractivity contribution < 1.29 is 9.53 Å². The molecule has 0 aliphatic rings. The number of hydrogen-bond acceptors (Lipinski definition) is 4. The fourth-order valence-corrected chi connectivity index (χ4v) is 2.38. The number of nitrogens with one attached hydrogen (secondary N) is 1. The van der Waals surface area contributed by atoms with Gasteiger partial charge in [-0.15, -0.1) is 0 Å². The van der Waals surface area contributed by atoms with Crippen LogP contribution in [0.1, 0.15) is 18.9 Å². The van der Waals surface area contributed by atoms with Gasteiger partial charge in [0.1, 0.15) is 5.02 Å². The molecule has 1 heterocycles.